The van der Waals surface area contributed by atoms with Gasteiger partial charge in [-0.2, -0.15) is 5.10 Å². The Morgan fingerprint density at radius 1 is 1.35 bits per heavy atom. The first-order valence-corrected chi connectivity index (χ1v) is 9.26. The Morgan fingerprint density at radius 2 is 2.23 bits per heavy atom. The maximum atomic E-state index is 4.37. The minimum Gasteiger partial charge on any atom is -0.367 e. The minimum atomic E-state index is 0.385. The summed E-state index contributed by atoms with van der Waals surface area (Å²) in [5, 5.41) is 11.3. The van der Waals surface area contributed by atoms with Crippen molar-refractivity contribution in [3.63, 3.8) is 0 Å². The number of hydrogen-bond donors (Lipinski definition) is 2. The number of hydrogen-bond acceptors (Lipinski definition) is 4. The molecule has 1 saturated heterocycles. The Bertz CT molecular complexity index is 720. The monoisotopic (exact) mass is 355 g/mol. The van der Waals surface area contributed by atoms with E-state index in [1.54, 1.807) is 0 Å². The van der Waals surface area contributed by atoms with E-state index in [2.05, 4.69) is 48.9 Å². The van der Waals surface area contributed by atoms with E-state index >= 15 is 0 Å². The smallest absolute Gasteiger partial charge is 0.191 e. The van der Waals surface area contributed by atoms with Crippen LogP contribution in [0, 0.1) is 6.92 Å². The number of aryl methyl sites for hydroxylation is 2. The molecular weight excluding hydrogens is 326 g/mol. The molecule has 7 heteroatoms. The number of rotatable bonds is 5. The lowest BCUT2D eigenvalue weighted by Crippen LogP contribution is -2.51. The van der Waals surface area contributed by atoms with Crippen molar-refractivity contribution in [3.05, 3.63) is 42.0 Å². The van der Waals surface area contributed by atoms with Gasteiger partial charge in [0.15, 0.2) is 5.96 Å². The summed E-state index contributed by atoms with van der Waals surface area (Å²) in [7, 11) is 3.78. The predicted molar refractivity (Wildman–Crippen MR) is 106 cm³/mol. The van der Waals surface area contributed by atoms with Gasteiger partial charge in [0.05, 0.1) is 11.9 Å². The van der Waals surface area contributed by atoms with Crippen molar-refractivity contribution in [2.24, 2.45) is 12.0 Å². The van der Waals surface area contributed by atoms with Gasteiger partial charge in [-0.1, -0.05) is 6.07 Å². The largest absolute Gasteiger partial charge is 0.367 e. The van der Waals surface area contributed by atoms with Gasteiger partial charge in [0.2, 0.25) is 0 Å². The van der Waals surface area contributed by atoms with Crippen LogP contribution >= 0.6 is 0 Å². The minimum absolute atomic E-state index is 0.385. The van der Waals surface area contributed by atoms with Crippen molar-refractivity contribution < 1.29 is 0 Å². The second-order valence-corrected chi connectivity index (χ2v) is 6.86. The summed E-state index contributed by atoms with van der Waals surface area (Å²) in [4.78, 5) is 11.1. The molecular formula is C19H29N7. The second kappa shape index (κ2) is 8.69. The van der Waals surface area contributed by atoms with Crippen LogP contribution in [0.25, 0.3) is 0 Å². The van der Waals surface area contributed by atoms with Crippen LogP contribution in [-0.4, -0.2) is 53.4 Å². The van der Waals surface area contributed by atoms with Crippen molar-refractivity contribution in [1.29, 1.82) is 0 Å². The van der Waals surface area contributed by atoms with Crippen LogP contribution in [0.15, 0.2) is 35.7 Å². The zero-order chi connectivity index (χ0) is 18.4. The first-order valence-electron chi connectivity index (χ1n) is 9.26. The van der Waals surface area contributed by atoms with E-state index in [0.29, 0.717) is 6.04 Å². The molecule has 1 aliphatic heterocycles. The highest BCUT2D eigenvalue weighted by Crippen LogP contribution is 2.18. The molecule has 26 heavy (non-hydrogen) atoms. The predicted octanol–water partition coefficient (Wildman–Crippen LogP) is 1.50. The average molecular weight is 355 g/mol. The van der Waals surface area contributed by atoms with Gasteiger partial charge in [-0.3, -0.25) is 14.7 Å². The summed E-state index contributed by atoms with van der Waals surface area (Å²) in [5.74, 6) is 0.864. The van der Waals surface area contributed by atoms with Crippen molar-refractivity contribution in [2.75, 3.05) is 31.6 Å². The van der Waals surface area contributed by atoms with Crippen LogP contribution in [0.5, 0.6) is 0 Å². The molecule has 0 bridgehead atoms. The molecule has 1 fully saturated rings. The molecule has 2 aromatic rings. The maximum absolute atomic E-state index is 4.37. The Hall–Kier alpha value is -2.57. The topological polar surface area (TPSA) is 70.4 Å². The number of pyridine rings is 1. The molecule has 7 nitrogen and oxygen atoms in total. The van der Waals surface area contributed by atoms with Gasteiger partial charge in [0, 0.05) is 57.9 Å². The standard InChI is InChI=1S/C19H29N7/c1-15-6-7-16(11-22-15)8-9-21-19(20-2)24-17-5-4-10-26(13-17)18-12-23-25(3)14-18/h6-7,11-12,14,17H,4-5,8-10,13H2,1-3H3,(H2,20,21,24). The maximum Gasteiger partial charge on any atom is 0.191 e. The summed E-state index contributed by atoms with van der Waals surface area (Å²) >= 11 is 0. The zero-order valence-corrected chi connectivity index (χ0v) is 15.9. The number of nitrogens with zero attached hydrogens (tertiary/aromatic N) is 5. The highest BCUT2D eigenvalue weighted by molar-refractivity contribution is 5.80. The van der Waals surface area contributed by atoms with Crippen molar-refractivity contribution in [2.45, 2.75) is 32.2 Å². The number of nitrogens with one attached hydrogen (secondary N) is 2. The number of piperidine rings is 1. The van der Waals surface area contributed by atoms with Crippen LogP contribution in [0.2, 0.25) is 0 Å². The SMILES string of the molecule is CN=C(NCCc1ccc(C)nc1)NC1CCCN(c2cnn(C)c2)C1. The highest BCUT2D eigenvalue weighted by Gasteiger charge is 2.21. The molecule has 0 spiro atoms. The lowest BCUT2D eigenvalue weighted by molar-refractivity contribution is 0.468. The first kappa shape index (κ1) is 18.2. The fourth-order valence-corrected chi connectivity index (χ4v) is 3.26. The molecule has 1 atom stereocenters. The van der Waals surface area contributed by atoms with Crippen LogP contribution in [0.1, 0.15) is 24.1 Å². The Labute approximate surface area is 155 Å². The molecule has 0 saturated carbocycles. The number of guanidine groups is 1. The average Bonchev–Trinajstić information content (AvgIpc) is 3.09. The lowest BCUT2D eigenvalue weighted by Gasteiger charge is -2.34. The quantitative estimate of drug-likeness (QED) is 0.628. The summed E-state index contributed by atoms with van der Waals surface area (Å²) in [6, 6.07) is 4.57. The van der Waals surface area contributed by atoms with Crippen LogP contribution < -0.4 is 15.5 Å². The summed E-state index contributed by atoms with van der Waals surface area (Å²) in [5.41, 5.74) is 3.47. The van der Waals surface area contributed by atoms with E-state index < -0.39 is 0 Å². The summed E-state index contributed by atoms with van der Waals surface area (Å²) < 4.78 is 1.85. The van der Waals surface area contributed by atoms with Crippen molar-refractivity contribution in [3.8, 4) is 0 Å². The molecule has 0 aliphatic carbocycles. The third-order valence-corrected chi connectivity index (χ3v) is 4.72. The zero-order valence-electron chi connectivity index (χ0n) is 15.9. The molecule has 1 aliphatic rings. The van der Waals surface area contributed by atoms with Crippen LogP contribution in [0.3, 0.4) is 0 Å². The van der Waals surface area contributed by atoms with E-state index in [9.17, 15) is 0 Å². The molecule has 0 radical (unpaired) electrons. The van der Waals surface area contributed by atoms with E-state index in [4.69, 9.17) is 0 Å². The molecule has 0 aromatic carbocycles. The first-order chi connectivity index (χ1) is 12.6. The molecule has 0 amide bonds. The van der Waals surface area contributed by atoms with Gasteiger partial charge >= 0.3 is 0 Å². The molecule has 1 unspecified atom stereocenters. The van der Waals surface area contributed by atoms with E-state index in [-0.39, 0.29) is 0 Å². The number of aromatic nitrogens is 3. The van der Waals surface area contributed by atoms with Crippen LogP contribution in [-0.2, 0) is 13.5 Å². The molecule has 3 rings (SSSR count). The molecule has 2 N–H and O–H groups in total. The van der Waals surface area contributed by atoms with E-state index in [1.165, 1.54) is 17.7 Å². The Kier molecular flexibility index (Phi) is 6.09. The van der Waals surface area contributed by atoms with Crippen LogP contribution in [0.4, 0.5) is 5.69 Å². The Balaban J connectivity index is 1.47. The van der Waals surface area contributed by atoms with Crippen molar-refractivity contribution >= 4 is 11.6 Å². The normalized spacial score (nSPS) is 18.0. The Morgan fingerprint density at radius 3 is 2.92 bits per heavy atom. The fraction of sp³-hybridized carbons (Fsp3) is 0.526. The van der Waals surface area contributed by atoms with Gasteiger partial charge in [0.1, 0.15) is 0 Å². The van der Waals surface area contributed by atoms with Gasteiger partial charge < -0.3 is 15.5 Å². The van der Waals surface area contributed by atoms with E-state index in [0.717, 1.165) is 44.1 Å². The summed E-state index contributed by atoms with van der Waals surface area (Å²) in [6.07, 6.45) is 9.20. The molecule has 3 heterocycles. The van der Waals surface area contributed by atoms with Gasteiger partial charge in [-0.15, -0.1) is 0 Å². The third-order valence-electron chi connectivity index (χ3n) is 4.72. The number of aliphatic imine (C=N–C) groups is 1. The lowest BCUT2D eigenvalue weighted by atomic mass is 10.1. The summed E-state index contributed by atoms with van der Waals surface area (Å²) in [6.45, 7) is 4.89. The second-order valence-electron chi connectivity index (χ2n) is 6.86. The third kappa shape index (κ3) is 4.97. The van der Waals surface area contributed by atoms with E-state index in [1.807, 2.05) is 38.1 Å². The molecule has 140 valence electrons. The van der Waals surface area contributed by atoms with Gasteiger partial charge in [0.25, 0.3) is 0 Å². The number of anilines is 1. The molecule has 2 aromatic heterocycles. The fourth-order valence-electron chi connectivity index (χ4n) is 3.26. The van der Waals surface area contributed by atoms with Gasteiger partial charge in [-0.25, -0.2) is 0 Å². The highest BCUT2D eigenvalue weighted by atomic mass is 15.3. The van der Waals surface area contributed by atoms with Gasteiger partial charge in [-0.05, 0) is 37.8 Å². The van der Waals surface area contributed by atoms with Crippen molar-refractivity contribution in [1.82, 2.24) is 25.4 Å².